The second kappa shape index (κ2) is 8.93. The van der Waals surface area contributed by atoms with Crippen molar-refractivity contribution >= 4 is 40.9 Å². The maximum atomic E-state index is 12.9. The van der Waals surface area contributed by atoms with E-state index in [9.17, 15) is 14.4 Å². The molecule has 1 atom stereocenters. The third-order valence-corrected chi connectivity index (χ3v) is 5.85. The molecule has 0 spiro atoms. The Bertz CT molecular complexity index is 895. The van der Waals surface area contributed by atoms with Crippen LogP contribution in [0.3, 0.4) is 0 Å². The molecular formula is C22H26ClN3O3. The number of carbonyl (C=O) groups excluding carboxylic acids is 3. The minimum absolute atomic E-state index is 0. The quantitative estimate of drug-likeness (QED) is 0.761. The van der Waals surface area contributed by atoms with Crippen molar-refractivity contribution in [3.05, 3.63) is 47.5 Å². The van der Waals surface area contributed by atoms with Crippen molar-refractivity contribution in [3.63, 3.8) is 0 Å². The zero-order valence-corrected chi connectivity index (χ0v) is 17.1. The number of benzene rings is 2. The van der Waals surface area contributed by atoms with Gasteiger partial charge in [-0.05, 0) is 43.2 Å². The number of likely N-dealkylation sites (tertiary alicyclic amines) is 1. The van der Waals surface area contributed by atoms with E-state index in [1.54, 1.807) is 12.1 Å². The summed E-state index contributed by atoms with van der Waals surface area (Å²) in [6.45, 7) is 1.47. The second-order valence-corrected chi connectivity index (χ2v) is 7.55. The average molecular weight is 416 g/mol. The number of hydrogen-bond donors (Lipinski definition) is 1. The Hall–Kier alpha value is -2.44. The summed E-state index contributed by atoms with van der Waals surface area (Å²) in [5.74, 6) is -0.492. The van der Waals surface area contributed by atoms with Crippen LogP contribution in [0.1, 0.15) is 52.8 Å². The second-order valence-electron chi connectivity index (χ2n) is 7.55. The van der Waals surface area contributed by atoms with E-state index >= 15 is 0 Å². The fourth-order valence-corrected chi connectivity index (χ4v) is 4.39. The molecule has 0 aromatic heterocycles. The predicted molar refractivity (Wildman–Crippen MR) is 114 cm³/mol. The van der Waals surface area contributed by atoms with Gasteiger partial charge in [-0.15, -0.1) is 12.4 Å². The molecule has 2 N–H and O–H groups in total. The molecule has 2 aliphatic heterocycles. The summed E-state index contributed by atoms with van der Waals surface area (Å²) in [5, 5.41) is 1.62. The number of piperidine rings is 1. The first kappa shape index (κ1) is 21.3. The summed E-state index contributed by atoms with van der Waals surface area (Å²) in [6.07, 6.45) is 3.84. The van der Waals surface area contributed by atoms with Crippen LogP contribution in [-0.4, -0.2) is 53.2 Å². The van der Waals surface area contributed by atoms with E-state index in [0.29, 0.717) is 30.5 Å². The van der Waals surface area contributed by atoms with Crippen LogP contribution >= 0.6 is 12.4 Å². The first-order valence-corrected chi connectivity index (χ1v) is 9.99. The molecule has 0 aliphatic carbocycles. The van der Waals surface area contributed by atoms with Gasteiger partial charge in [0.15, 0.2) is 0 Å². The van der Waals surface area contributed by atoms with Gasteiger partial charge >= 0.3 is 0 Å². The minimum Gasteiger partial charge on any atom is -0.338 e. The maximum Gasteiger partial charge on any atom is 0.261 e. The Morgan fingerprint density at radius 1 is 1.03 bits per heavy atom. The normalized spacial score (nSPS) is 18.7. The Morgan fingerprint density at radius 3 is 2.31 bits per heavy atom. The van der Waals surface area contributed by atoms with E-state index in [4.69, 9.17) is 5.73 Å². The number of halogens is 1. The third kappa shape index (κ3) is 3.87. The van der Waals surface area contributed by atoms with E-state index in [2.05, 4.69) is 0 Å². The molecule has 0 radical (unpaired) electrons. The highest BCUT2D eigenvalue weighted by atomic mass is 35.5. The molecule has 1 saturated heterocycles. The number of hydrogen-bond acceptors (Lipinski definition) is 4. The van der Waals surface area contributed by atoms with E-state index < -0.39 is 0 Å². The van der Waals surface area contributed by atoms with Crippen LogP contribution in [0.2, 0.25) is 0 Å². The van der Waals surface area contributed by atoms with Gasteiger partial charge < -0.3 is 10.6 Å². The Labute approximate surface area is 176 Å². The molecule has 4 rings (SSSR count). The summed E-state index contributed by atoms with van der Waals surface area (Å²) >= 11 is 0. The third-order valence-electron chi connectivity index (χ3n) is 5.85. The molecule has 3 amide bonds. The SMILES string of the molecule is Cl.NCC1CCCCN1C(=O)CCCN1C(=O)c2cccc3cccc(c23)C1=O. The van der Waals surface area contributed by atoms with Gasteiger partial charge in [-0.2, -0.15) is 0 Å². The standard InChI is InChI=1S/C22H25N3O3.ClH/c23-14-16-8-1-2-12-24(16)19(26)11-5-13-25-21(27)17-9-3-6-15-7-4-10-18(20(15)17)22(25)28;/h3-4,6-7,9-10,16H,1-2,5,8,11-14,23H2;1H. The van der Waals surface area contributed by atoms with Crippen LogP contribution < -0.4 is 5.73 Å². The van der Waals surface area contributed by atoms with Crippen molar-refractivity contribution in [2.75, 3.05) is 19.6 Å². The van der Waals surface area contributed by atoms with Crippen LogP contribution in [0.25, 0.3) is 10.8 Å². The number of nitrogens with zero attached hydrogens (tertiary/aromatic N) is 2. The van der Waals surface area contributed by atoms with E-state index in [1.165, 1.54) is 4.90 Å². The summed E-state index contributed by atoms with van der Waals surface area (Å²) in [5.41, 5.74) is 6.91. The fraction of sp³-hybridized carbons (Fsp3) is 0.409. The van der Waals surface area contributed by atoms with Crippen molar-refractivity contribution in [2.24, 2.45) is 5.73 Å². The predicted octanol–water partition coefficient (Wildman–Crippen LogP) is 2.98. The van der Waals surface area contributed by atoms with Crippen LogP contribution in [-0.2, 0) is 4.79 Å². The minimum atomic E-state index is -0.278. The highest BCUT2D eigenvalue weighted by molar-refractivity contribution is 6.25. The molecule has 1 fully saturated rings. The Morgan fingerprint density at radius 2 is 1.69 bits per heavy atom. The van der Waals surface area contributed by atoms with Gasteiger partial charge in [0.1, 0.15) is 0 Å². The lowest BCUT2D eigenvalue weighted by Gasteiger charge is -2.35. The first-order valence-electron chi connectivity index (χ1n) is 9.99. The van der Waals surface area contributed by atoms with Crippen molar-refractivity contribution in [3.8, 4) is 0 Å². The highest BCUT2D eigenvalue weighted by Crippen LogP contribution is 2.30. The van der Waals surface area contributed by atoms with E-state index in [1.807, 2.05) is 29.2 Å². The zero-order valence-electron chi connectivity index (χ0n) is 16.3. The van der Waals surface area contributed by atoms with Crippen molar-refractivity contribution < 1.29 is 14.4 Å². The van der Waals surface area contributed by atoms with Gasteiger partial charge in [-0.3, -0.25) is 19.3 Å². The number of carbonyl (C=O) groups is 3. The van der Waals surface area contributed by atoms with Crippen LogP contribution in [0.5, 0.6) is 0 Å². The van der Waals surface area contributed by atoms with Gasteiger partial charge in [-0.25, -0.2) is 0 Å². The Balaban J connectivity index is 0.00000240. The smallest absolute Gasteiger partial charge is 0.261 e. The van der Waals surface area contributed by atoms with Gasteiger partial charge in [0.05, 0.1) is 0 Å². The molecule has 0 saturated carbocycles. The average Bonchev–Trinajstić information content (AvgIpc) is 2.74. The highest BCUT2D eigenvalue weighted by Gasteiger charge is 2.32. The Kier molecular flexibility index (Phi) is 6.55. The van der Waals surface area contributed by atoms with Crippen molar-refractivity contribution in [2.45, 2.75) is 38.1 Å². The molecule has 2 aliphatic rings. The molecule has 7 heteroatoms. The summed E-state index contributed by atoms with van der Waals surface area (Å²) in [7, 11) is 0. The topological polar surface area (TPSA) is 83.7 Å². The lowest BCUT2D eigenvalue weighted by molar-refractivity contribution is -0.134. The molecule has 29 heavy (non-hydrogen) atoms. The van der Waals surface area contributed by atoms with Crippen LogP contribution in [0.15, 0.2) is 36.4 Å². The fourth-order valence-electron chi connectivity index (χ4n) is 4.39. The van der Waals surface area contributed by atoms with Gasteiger partial charge in [-0.1, -0.05) is 24.3 Å². The molecule has 0 bridgehead atoms. The van der Waals surface area contributed by atoms with Crippen LogP contribution in [0.4, 0.5) is 0 Å². The monoisotopic (exact) mass is 415 g/mol. The summed E-state index contributed by atoms with van der Waals surface area (Å²) < 4.78 is 0. The van der Waals surface area contributed by atoms with Crippen molar-refractivity contribution in [1.82, 2.24) is 9.80 Å². The van der Waals surface area contributed by atoms with Gasteiger partial charge in [0, 0.05) is 48.6 Å². The van der Waals surface area contributed by atoms with Crippen molar-refractivity contribution in [1.29, 1.82) is 0 Å². The van der Waals surface area contributed by atoms with E-state index in [0.717, 1.165) is 36.6 Å². The maximum absolute atomic E-state index is 12.9. The number of imide groups is 1. The van der Waals surface area contributed by atoms with Gasteiger partial charge in [0.25, 0.3) is 11.8 Å². The largest absolute Gasteiger partial charge is 0.338 e. The number of nitrogens with two attached hydrogens (primary N) is 1. The van der Waals surface area contributed by atoms with Crippen LogP contribution in [0, 0.1) is 0 Å². The molecule has 2 aromatic rings. The molecular weight excluding hydrogens is 390 g/mol. The molecule has 6 nitrogen and oxygen atoms in total. The summed E-state index contributed by atoms with van der Waals surface area (Å²) in [6, 6.07) is 11.1. The number of amides is 3. The number of rotatable bonds is 5. The van der Waals surface area contributed by atoms with Gasteiger partial charge in [0.2, 0.25) is 5.91 Å². The first-order chi connectivity index (χ1) is 13.6. The molecule has 2 aromatic carbocycles. The molecule has 2 heterocycles. The molecule has 154 valence electrons. The lowest BCUT2D eigenvalue weighted by Crippen LogP contribution is -2.47. The zero-order chi connectivity index (χ0) is 19.7. The molecule has 1 unspecified atom stereocenters. The van der Waals surface area contributed by atoms with E-state index in [-0.39, 0.29) is 42.7 Å². The summed E-state index contributed by atoms with van der Waals surface area (Å²) in [4.78, 5) is 41.5. The lowest BCUT2D eigenvalue weighted by atomic mass is 9.94.